The lowest BCUT2D eigenvalue weighted by molar-refractivity contribution is 0.0946. The Morgan fingerprint density at radius 2 is 1.73 bits per heavy atom. The van der Waals surface area contributed by atoms with Gasteiger partial charge in [0.05, 0.1) is 0 Å². The molecular weight excluding hydrogens is 324 g/mol. The Kier molecular flexibility index (Phi) is 5.59. The molecule has 0 atom stereocenters. The third kappa shape index (κ3) is 4.66. The first-order chi connectivity index (χ1) is 12.6. The van der Waals surface area contributed by atoms with Crippen LogP contribution in [-0.4, -0.2) is 22.9 Å². The molecule has 3 rings (SSSR count). The smallest absolute Gasteiger partial charge is 0.270 e. The maximum atomic E-state index is 12.4. The zero-order chi connectivity index (χ0) is 18.4. The second kappa shape index (κ2) is 8.25. The van der Waals surface area contributed by atoms with Crippen molar-refractivity contribution < 1.29 is 4.79 Å². The Morgan fingerprint density at radius 3 is 2.46 bits per heavy atom. The zero-order valence-electron chi connectivity index (χ0n) is 15.0. The molecule has 1 N–H and O–H groups in total. The molecule has 0 saturated carbocycles. The summed E-state index contributed by atoms with van der Waals surface area (Å²) in [5, 5.41) is 2.90. The van der Waals surface area contributed by atoms with Gasteiger partial charge < -0.3 is 10.2 Å². The molecule has 0 aliphatic carbocycles. The van der Waals surface area contributed by atoms with Crippen LogP contribution in [0.1, 0.15) is 27.2 Å². The number of carbonyl (C=O) groups is 1. The van der Waals surface area contributed by atoms with E-state index in [4.69, 9.17) is 0 Å². The van der Waals surface area contributed by atoms with Crippen molar-refractivity contribution in [2.75, 3.05) is 11.9 Å². The number of rotatable bonds is 6. The Labute approximate surface area is 153 Å². The second-order valence-electron chi connectivity index (χ2n) is 6.27. The van der Waals surface area contributed by atoms with Gasteiger partial charge in [-0.3, -0.25) is 4.79 Å². The molecule has 5 heteroatoms. The summed E-state index contributed by atoms with van der Waals surface area (Å²) >= 11 is 0. The van der Waals surface area contributed by atoms with Crippen molar-refractivity contribution >= 4 is 11.7 Å². The highest BCUT2D eigenvalue weighted by Gasteiger charge is 2.11. The number of benzene rings is 2. The Morgan fingerprint density at radius 1 is 1.00 bits per heavy atom. The lowest BCUT2D eigenvalue weighted by atomic mass is 10.1. The van der Waals surface area contributed by atoms with Gasteiger partial charge in [0.1, 0.15) is 17.8 Å². The predicted molar refractivity (Wildman–Crippen MR) is 103 cm³/mol. The molecule has 0 aliphatic heterocycles. The molecule has 0 fully saturated rings. The summed E-state index contributed by atoms with van der Waals surface area (Å²) < 4.78 is 0. The van der Waals surface area contributed by atoms with Gasteiger partial charge in [-0.15, -0.1) is 0 Å². The van der Waals surface area contributed by atoms with Gasteiger partial charge in [0.15, 0.2) is 0 Å². The molecule has 2 aromatic carbocycles. The maximum absolute atomic E-state index is 12.4. The van der Waals surface area contributed by atoms with Crippen LogP contribution in [0.3, 0.4) is 0 Å². The number of hydrogen-bond acceptors (Lipinski definition) is 4. The average Bonchev–Trinajstić information content (AvgIpc) is 2.68. The van der Waals surface area contributed by atoms with Gasteiger partial charge in [0.2, 0.25) is 0 Å². The monoisotopic (exact) mass is 346 g/mol. The molecule has 0 aliphatic rings. The minimum atomic E-state index is -0.206. The van der Waals surface area contributed by atoms with E-state index in [0.29, 0.717) is 24.6 Å². The van der Waals surface area contributed by atoms with E-state index < -0.39 is 0 Å². The van der Waals surface area contributed by atoms with Gasteiger partial charge in [-0.2, -0.15) is 0 Å². The summed E-state index contributed by atoms with van der Waals surface area (Å²) in [6, 6.07) is 19.9. The third-order valence-corrected chi connectivity index (χ3v) is 4.11. The molecule has 1 amide bonds. The first-order valence-corrected chi connectivity index (χ1v) is 8.52. The van der Waals surface area contributed by atoms with E-state index in [2.05, 4.69) is 27.4 Å². The number of anilines is 1. The van der Waals surface area contributed by atoms with E-state index in [1.165, 1.54) is 17.5 Å². The largest absolute Gasteiger partial charge is 0.355 e. The van der Waals surface area contributed by atoms with Gasteiger partial charge in [-0.05, 0) is 18.1 Å². The predicted octanol–water partition coefficient (Wildman–Crippen LogP) is 3.35. The van der Waals surface area contributed by atoms with Crippen molar-refractivity contribution in [3.8, 4) is 0 Å². The summed E-state index contributed by atoms with van der Waals surface area (Å²) in [4.78, 5) is 22.8. The van der Waals surface area contributed by atoms with Crippen LogP contribution in [0.15, 0.2) is 67.0 Å². The van der Waals surface area contributed by atoms with Crippen molar-refractivity contribution in [1.82, 2.24) is 15.3 Å². The highest BCUT2D eigenvalue weighted by Crippen LogP contribution is 2.13. The molecular formula is C21H22N4O. The molecule has 0 unspecified atom stereocenters. The van der Waals surface area contributed by atoms with Crippen molar-refractivity contribution in [1.29, 1.82) is 0 Å². The highest BCUT2D eigenvalue weighted by molar-refractivity contribution is 5.92. The molecule has 0 radical (unpaired) electrons. The Hall–Kier alpha value is -3.21. The molecule has 5 nitrogen and oxygen atoms in total. The number of hydrogen-bond donors (Lipinski definition) is 1. The van der Waals surface area contributed by atoms with E-state index in [1.54, 1.807) is 6.07 Å². The summed E-state index contributed by atoms with van der Waals surface area (Å²) in [5.41, 5.74) is 3.79. The lowest BCUT2D eigenvalue weighted by Gasteiger charge is -2.18. The van der Waals surface area contributed by atoms with E-state index in [9.17, 15) is 4.79 Å². The number of aryl methyl sites for hydroxylation is 1. The first-order valence-electron chi connectivity index (χ1n) is 8.52. The van der Waals surface area contributed by atoms with E-state index >= 15 is 0 Å². The van der Waals surface area contributed by atoms with Crippen molar-refractivity contribution in [3.63, 3.8) is 0 Å². The summed E-state index contributed by atoms with van der Waals surface area (Å²) in [7, 11) is 1.95. The molecule has 132 valence electrons. The highest BCUT2D eigenvalue weighted by atomic mass is 16.1. The van der Waals surface area contributed by atoms with E-state index in [-0.39, 0.29) is 5.91 Å². The van der Waals surface area contributed by atoms with Crippen LogP contribution in [-0.2, 0) is 13.1 Å². The minimum absolute atomic E-state index is 0.206. The number of aromatic nitrogens is 2. The van der Waals surface area contributed by atoms with Gasteiger partial charge >= 0.3 is 0 Å². The van der Waals surface area contributed by atoms with Gasteiger partial charge in [0.25, 0.3) is 5.91 Å². The number of nitrogens with one attached hydrogen (secondary N) is 1. The zero-order valence-corrected chi connectivity index (χ0v) is 15.0. The number of amides is 1. The number of carbonyl (C=O) groups excluding carboxylic acids is 1. The third-order valence-electron chi connectivity index (χ3n) is 4.11. The van der Waals surface area contributed by atoms with Crippen LogP contribution in [0.2, 0.25) is 0 Å². The van der Waals surface area contributed by atoms with Crippen LogP contribution in [0.4, 0.5) is 5.82 Å². The quantitative estimate of drug-likeness (QED) is 0.744. The van der Waals surface area contributed by atoms with Crippen LogP contribution >= 0.6 is 0 Å². The van der Waals surface area contributed by atoms with Crippen LogP contribution in [0.25, 0.3) is 0 Å². The Bertz CT molecular complexity index is 863. The second-order valence-corrected chi connectivity index (χ2v) is 6.27. The van der Waals surface area contributed by atoms with Gasteiger partial charge in [-0.1, -0.05) is 60.2 Å². The normalized spacial score (nSPS) is 10.4. The number of nitrogens with zero attached hydrogens (tertiary/aromatic N) is 3. The minimum Gasteiger partial charge on any atom is -0.355 e. The lowest BCUT2D eigenvalue weighted by Crippen LogP contribution is -2.25. The molecule has 1 heterocycles. The van der Waals surface area contributed by atoms with Crippen molar-refractivity contribution in [2.45, 2.75) is 20.0 Å². The first kappa shape index (κ1) is 17.6. The molecule has 0 spiro atoms. The molecule has 26 heavy (non-hydrogen) atoms. The SMILES string of the molecule is Cc1ccc(CNC(=O)c2cc(N(C)Cc3ccccc3)ncn2)cc1. The maximum Gasteiger partial charge on any atom is 0.270 e. The summed E-state index contributed by atoms with van der Waals surface area (Å²) in [6.45, 7) is 3.22. The molecule has 1 aromatic heterocycles. The fourth-order valence-corrected chi connectivity index (χ4v) is 2.60. The Balaban J connectivity index is 1.64. The fraction of sp³-hybridized carbons (Fsp3) is 0.190. The van der Waals surface area contributed by atoms with Crippen LogP contribution < -0.4 is 10.2 Å². The topological polar surface area (TPSA) is 58.1 Å². The van der Waals surface area contributed by atoms with E-state index in [0.717, 1.165) is 5.56 Å². The molecule has 0 bridgehead atoms. The van der Waals surface area contributed by atoms with Gasteiger partial charge in [0, 0.05) is 26.2 Å². The van der Waals surface area contributed by atoms with E-state index in [1.807, 2.05) is 61.3 Å². The van der Waals surface area contributed by atoms with Crippen LogP contribution in [0.5, 0.6) is 0 Å². The van der Waals surface area contributed by atoms with Crippen molar-refractivity contribution in [3.05, 3.63) is 89.4 Å². The van der Waals surface area contributed by atoms with Crippen molar-refractivity contribution in [2.24, 2.45) is 0 Å². The molecule has 0 saturated heterocycles. The standard InChI is InChI=1S/C21H22N4O/c1-16-8-10-17(11-9-16)13-22-21(26)19-12-20(24-15-23-19)25(2)14-18-6-4-3-5-7-18/h3-12,15H,13-14H2,1-2H3,(H,22,26). The average molecular weight is 346 g/mol. The van der Waals surface area contributed by atoms with Crippen LogP contribution in [0, 0.1) is 6.92 Å². The fourth-order valence-electron chi connectivity index (χ4n) is 2.60. The van der Waals surface area contributed by atoms with Gasteiger partial charge in [-0.25, -0.2) is 9.97 Å². The summed E-state index contributed by atoms with van der Waals surface area (Å²) in [5.74, 6) is 0.506. The molecule has 3 aromatic rings. The summed E-state index contributed by atoms with van der Waals surface area (Å²) in [6.07, 6.45) is 1.43.